The van der Waals surface area contributed by atoms with Crippen molar-refractivity contribution < 1.29 is 0 Å². The van der Waals surface area contributed by atoms with Gasteiger partial charge in [0.15, 0.2) is 0 Å². The molecule has 3 nitrogen and oxygen atoms in total. The summed E-state index contributed by atoms with van der Waals surface area (Å²) in [6.07, 6.45) is 5.24. The van der Waals surface area contributed by atoms with Crippen LogP contribution >= 0.6 is 0 Å². The largest absolute Gasteiger partial charge is 0.340 e. The molecule has 18 heavy (non-hydrogen) atoms. The molecule has 0 spiro atoms. The Labute approximate surface area is 108 Å². The fourth-order valence-electron chi connectivity index (χ4n) is 2.84. The molecule has 0 amide bonds. The Morgan fingerprint density at radius 1 is 1.33 bits per heavy atom. The van der Waals surface area contributed by atoms with Crippen LogP contribution in [-0.2, 0) is 7.05 Å². The normalized spacial score (nSPS) is 23.9. The number of benzene rings is 1. The molecule has 0 radical (unpaired) electrons. The molecule has 3 heteroatoms. The predicted molar refractivity (Wildman–Crippen MR) is 72.3 cm³/mol. The number of hydrogen-bond donors (Lipinski definition) is 1. The topological polar surface area (TPSA) is 29.9 Å². The van der Waals surface area contributed by atoms with E-state index in [0.29, 0.717) is 17.9 Å². The first-order chi connectivity index (χ1) is 8.79. The fraction of sp³-hybridized carbons (Fsp3) is 0.400. The second kappa shape index (κ2) is 4.58. The van der Waals surface area contributed by atoms with Gasteiger partial charge in [0, 0.05) is 13.2 Å². The van der Waals surface area contributed by atoms with Crippen LogP contribution in [-0.4, -0.2) is 16.6 Å². The molecule has 0 aliphatic heterocycles. The molecule has 1 saturated carbocycles. The average Bonchev–Trinajstić information content (AvgIpc) is 3.07. The summed E-state index contributed by atoms with van der Waals surface area (Å²) in [5, 5.41) is 3.42. The van der Waals surface area contributed by atoms with Crippen LogP contribution in [0.15, 0.2) is 42.9 Å². The van der Waals surface area contributed by atoms with Crippen molar-refractivity contribution in [2.45, 2.75) is 18.4 Å². The van der Waals surface area contributed by atoms with Crippen molar-refractivity contribution >= 4 is 0 Å². The third kappa shape index (κ3) is 2.06. The van der Waals surface area contributed by atoms with Crippen LogP contribution in [0.25, 0.3) is 0 Å². The zero-order chi connectivity index (χ0) is 12.5. The molecular weight excluding hydrogens is 222 g/mol. The van der Waals surface area contributed by atoms with Crippen molar-refractivity contribution in [1.29, 1.82) is 0 Å². The molecule has 1 aromatic heterocycles. The smallest absolute Gasteiger partial charge is 0.0947 e. The first kappa shape index (κ1) is 11.5. The number of nitrogens with zero attached hydrogens (tertiary/aromatic N) is 2. The highest BCUT2D eigenvalue weighted by Gasteiger charge is 2.44. The first-order valence-corrected chi connectivity index (χ1v) is 6.49. The molecular formula is C15H19N3. The maximum atomic E-state index is 4.48. The SMILES string of the molecule is CNC(c1cn(C)cn1)C1CC1c1ccccc1. The van der Waals surface area contributed by atoms with Gasteiger partial charge in [-0.25, -0.2) is 4.98 Å². The summed E-state index contributed by atoms with van der Waals surface area (Å²) in [5.41, 5.74) is 2.61. The molecule has 3 rings (SSSR count). The third-order valence-corrected chi connectivity index (χ3v) is 3.85. The number of aromatic nitrogens is 2. The Morgan fingerprint density at radius 2 is 2.11 bits per heavy atom. The molecule has 3 atom stereocenters. The zero-order valence-corrected chi connectivity index (χ0v) is 10.9. The summed E-state index contributed by atoms with van der Waals surface area (Å²) in [6, 6.07) is 11.2. The molecule has 94 valence electrons. The van der Waals surface area contributed by atoms with Gasteiger partial charge in [0.05, 0.1) is 18.1 Å². The van der Waals surface area contributed by atoms with Crippen molar-refractivity contribution in [3.63, 3.8) is 0 Å². The van der Waals surface area contributed by atoms with E-state index in [1.54, 1.807) is 0 Å². The van der Waals surface area contributed by atoms with Crippen LogP contribution in [0.1, 0.15) is 29.6 Å². The summed E-state index contributed by atoms with van der Waals surface area (Å²) < 4.78 is 2.01. The zero-order valence-electron chi connectivity index (χ0n) is 10.9. The Morgan fingerprint density at radius 3 is 2.72 bits per heavy atom. The van der Waals surface area contributed by atoms with Crippen molar-refractivity contribution in [2.24, 2.45) is 13.0 Å². The van der Waals surface area contributed by atoms with Crippen LogP contribution in [0, 0.1) is 5.92 Å². The van der Waals surface area contributed by atoms with E-state index in [1.807, 2.05) is 25.0 Å². The van der Waals surface area contributed by atoms with Gasteiger partial charge in [0.1, 0.15) is 0 Å². The van der Waals surface area contributed by atoms with Crippen molar-refractivity contribution in [1.82, 2.24) is 14.9 Å². The van der Waals surface area contributed by atoms with Crippen LogP contribution in [0.4, 0.5) is 0 Å². The molecule has 1 aromatic carbocycles. The van der Waals surface area contributed by atoms with Gasteiger partial charge in [0.2, 0.25) is 0 Å². The number of hydrogen-bond acceptors (Lipinski definition) is 2. The Balaban J connectivity index is 1.76. The summed E-state index contributed by atoms with van der Waals surface area (Å²) in [7, 11) is 4.05. The van der Waals surface area contributed by atoms with Gasteiger partial charge < -0.3 is 9.88 Å². The minimum absolute atomic E-state index is 0.372. The summed E-state index contributed by atoms with van der Waals surface area (Å²) in [6.45, 7) is 0. The molecule has 0 saturated heterocycles. The monoisotopic (exact) mass is 241 g/mol. The fourth-order valence-corrected chi connectivity index (χ4v) is 2.84. The summed E-state index contributed by atoms with van der Waals surface area (Å²) in [4.78, 5) is 4.48. The number of rotatable bonds is 4. The van der Waals surface area contributed by atoms with E-state index in [-0.39, 0.29) is 0 Å². The molecule has 0 bridgehead atoms. The average molecular weight is 241 g/mol. The second-order valence-electron chi connectivity index (χ2n) is 5.15. The van der Waals surface area contributed by atoms with Crippen LogP contribution in [0.2, 0.25) is 0 Å². The maximum Gasteiger partial charge on any atom is 0.0947 e. The minimum atomic E-state index is 0.372. The highest BCUT2D eigenvalue weighted by molar-refractivity contribution is 5.28. The van der Waals surface area contributed by atoms with Crippen LogP contribution < -0.4 is 5.32 Å². The number of nitrogens with one attached hydrogen (secondary N) is 1. The van der Waals surface area contributed by atoms with E-state index >= 15 is 0 Å². The van der Waals surface area contributed by atoms with Gasteiger partial charge in [-0.15, -0.1) is 0 Å². The van der Waals surface area contributed by atoms with E-state index < -0.39 is 0 Å². The predicted octanol–water partition coefficient (Wildman–Crippen LogP) is 2.48. The maximum absolute atomic E-state index is 4.48. The van der Waals surface area contributed by atoms with Gasteiger partial charge in [-0.05, 0) is 30.9 Å². The highest BCUT2D eigenvalue weighted by atomic mass is 15.0. The Kier molecular flexibility index (Phi) is 2.92. The lowest BCUT2D eigenvalue weighted by Crippen LogP contribution is -2.19. The Hall–Kier alpha value is -1.61. The molecule has 3 unspecified atom stereocenters. The van der Waals surface area contributed by atoms with Crippen molar-refractivity contribution in [3.8, 4) is 0 Å². The van der Waals surface area contributed by atoms with E-state index in [2.05, 4.69) is 46.8 Å². The van der Waals surface area contributed by atoms with Gasteiger partial charge in [-0.3, -0.25) is 0 Å². The van der Waals surface area contributed by atoms with E-state index in [9.17, 15) is 0 Å². The minimum Gasteiger partial charge on any atom is -0.340 e. The summed E-state index contributed by atoms with van der Waals surface area (Å²) >= 11 is 0. The Bertz CT molecular complexity index is 518. The summed E-state index contributed by atoms with van der Waals surface area (Å²) in [5.74, 6) is 1.36. The second-order valence-corrected chi connectivity index (χ2v) is 5.15. The molecule has 2 aromatic rings. The van der Waals surface area contributed by atoms with Gasteiger partial charge in [-0.1, -0.05) is 30.3 Å². The number of imidazole rings is 1. The standard InChI is InChI=1S/C15H19N3/c1-16-15(14-9-18(2)10-17-14)13-8-12(13)11-6-4-3-5-7-11/h3-7,9-10,12-13,15-16H,8H2,1-2H3. The molecule has 1 heterocycles. The lowest BCUT2D eigenvalue weighted by atomic mass is 10.0. The molecule has 1 aliphatic carbocycles. The van der Waals surface area contributed by atoms with E-state index in [0.717, 1.165) is 5.69 Å². The molecule has 1 aliphatic rings. The van der Waals surface area contributed by atoms with E-state index in [4.69, 9.17) is 0 Å². The molecule has 1 N–H and O–H groups in total. The van der Waals surface area contributed by atoms with E-state index in [1.165, 1.54) is 12.0 Å². The number of aryl methyl sites for hydroxylation is 1. The highest BCUT2D eigenvalue weighted by Crippen LogP contribution is 2.53. The van der Waals surface area contributed by atoms with Gasteiger partial charge >= 0.3 is 0 Å². The van der Waals surface area contributed by atoms with Crippen molar-refractivity contribution in [2.75, 3.05) is 7.05 Å². The van der Waals surface area contributed by atoms with Gasteiger partial charge in [0.25, 0.3) is 0 Å². The molecule has 1 fully saturated rings. The lowest BCUT2D eigenvalue weighted by molar-refractivity contribution is 0.506. The van der Waals surface area contributed by atoms with Gasteiger partial charge in [-0.2, -0.15) is 0 Å². The lowest BCUT2D eigenvalue weighted by Gasteiger charge is -2.13. The quantitative estimate of drug-likeness (QED) is 0.891. The first-order valence-electron chi connectivity index (χ1n) is 6.49. The van der Waals surface area contributed by atoms with Crippen molar-refractivity contribution in [3.05, 3.63) is 54.1 Å². The van der Waals surface area contributed by atoms with Crippen LogP contribution in [0.5, 0.6) is 0 Å². The van der Waals surface area contributed by atoms with Crippen LogP contribution in [0.3, 0.4) is 0 Å². The third-order valence-electron chi connectivity index (χ3n) is 3.85.